The Morgan fingerprint density at radius 1 is 1.07 bits per heavy atom. The van der Waals surface area contributed by atoms with Crippen LogP contribution in [0.4, 0.5) is 5.69 Å². The lowest BCUT2D eigenvalue weighted by Crippen LogP contribution is -2.31. The topological polar surface area (TPSA) is 103 Å². The maximum Gasteiger partial charge on any atom is 0.262 e. The van der Waals surface area contributed by atoms with Gasteiger partial charge in [0, 0.05) is 35.8 Å². The summed E-state index contributed by atoms with van der Waals surface area (Å²) in [5, 5.41) is 22.5. The van der Waals surface area contributed by atoms with Crippen molar-refractivity contribution in [2.75, 3.05) is 4.90 Å². The van der Waals surface area contributed by atoms with Gasteiger partial charge in [-0.1, -0.05) is 6.07 Å². The van der Waals surface area contributed by atoms with Crippen LogP contribution < -0.4 is 10.2 Å². The summed E-state index contributed by atoms with van der Waals surface area (Å²) in [5.41, 5.74) is 1.88. The fraction of sp³-hybridized carbons (Fsp3) is 0.174. The average Bonchev–Trinajstić information content (AvgIpc) is 2.72. The van der Waals surface area contributed by atoms with Crippen LogP contribution in [0.15, 0.2) is 67.0 Å². The lowest BCUT2D eigenvalue weighted by atomic mass is 10.1. The van der Waals surface area contributed by atoms with Gasteiger partial charge in [-0.3, -0.25) is 14.6 Å². The van der Waals surface area contributed by atoms with E-state index in [-0.39, 0.29) is 35.6 Å². The van der Waals surface area contributed by atoms with Crippen LogP contribution in [0.5, 0.6) is 11.5 Å². The quantitative estimate of drug-likeness (QED) is 0.583. The number of phenols is 2. The van der Waals surface area contributed by atoms with Gasteiger partial charge >= 0.3 is 0 Å². The Morgan fingerprint density at radius 3 is 2.40 bits per heavy atom. The first kappa shape index (κ1) is 20.9. The summed E-state index contributed by atoms with van der Waals surface area (Å²) >= 11 is 0. The van der Waals surface area contributed by atoms with E-state index >= 15 is 0 Å². The van der Waals surface area contributed by atoms with Crippen LogP contribution in [-0.2, 0) is 6.54 Å². The van der Waals surface area contributed by atoms with Gasteiger partial charge in [0.1, 0.15) is 11.5 Å². The van der Waals surface area contributed by atoms with E-state index in [0.717, 1.165) is 11.6 Å². The molecule has 30 heavy (non-hydrogen) atoms. The molecule has 0 fully saturated rings. The van der Waals surface area contributed by atoms with Crippen molar-refractivity contribution >= 4 is 17.5 Å². The molecule has 154 valence electrons. The number of carbonyl (C=O) groups excluding carboxylic acids is 2. The summed E-state index contributed by atoms with van der Waals surface area (Å²) in [4.78, 5) is 31.0. The monoisotopic (exact) mass is 405 g/mol. The van der Waals surface area contributed by atoms with E-state index < -0.39 is 5.91 Å². The molecule has 0 bridgehead atoms. The highest BCUT2D eigenvalue weighted by molar-refractivity contribution is 6.08. The molecule has 0 aliphatic rings. The molecule has 1 heterocycles. The number of nitrogens with one attached hydrogen (secondary N) is 1. The molecular formula is C23H23N3O4. The van der Waals surface area contributed by atoms with Crippen molar-refractivity contribution in [2.45, 2.75) is 26.4 Å². The first-order valence-electron chi connectivity index (χ1n) is 9.49. The molecule has 2 amide bonds. The van der Waals surface area contributed by atoms with Gasteiger partial charge in [0.25, 0.3) is 11.8 Å². The van der Waals surface area contributed by atoms with E-state index in [1.54, 1.807) is 42.7 Å². The molecule has 2 aromatic carbocycles. The number of pyridine rings is 1. The van der Waals surface area contributed by atoms with Gasteiger partial charge in [-0.05, 0) is 61.9 Å². The van der Waals surface area contributed by atoms with E-state index in [4.69, 9.17) is 0 Å². The van der Waals surface area contributed by atoms with Gasteiger partial charge in [-0.25, -0.2) is 0 Å². The molecule has 7 nitrogen and oxygen atoms in total. The third-order valence-electron chi connectivity index (χ3n) is 4.38. The molecule has 1 aromatic heterocycles. The minimum Gasteiger partial charge on any atom is -0.508 e. The molecular weight excluding hydrogens is 382 g/mol. The van der Waals surface area contributed by atoms with E-state index in [1.165, 1.54) is 17.0 Å². The summed E-state index contributed by atoms with van der Waals surface area (Å²) in [6, 6.07) is 14.1. The Bertz CT molecular complexity index is 1030. The fourth-order valence-electron chi connectivity index (χ4n) is 2.94. The predicted octanol–water partition coefficient (Wildman–Crippen LogP) is 3.48. The minimum atomic E-state index is -0.448. The summed E-state index contributed by atoms with van der Waals surface area (Å²) in [6.07, 6.45) is 3.30. The van der Waals surface area contributed by atoms with Gasteiger partial charge < -0.3 is 20.4 Å². The standard InChI is InChI=1S/C23H23N3O4/c1-15(2)25-22(29)17-5-7-18(8-6-17)26(14-16-4-3-11-24-13-16)23(30)20-10-9-19(27)12-21(20)28/h3-13,15,27-28H,14H2,1-2H3,(H,25,29). The third kappa shape index (κ3) is 4.94. The smallest absolute Gasteiger partial charge is 0.262 e. The lowest BCUT2D eigenvalue weighted by molar-refractivity contribution is 0.0942. The van der Waals surface area contributed by atoms with Crippen molar-refractivity contribution in [3.8, 4) is 11.5 Å². The molecule has 3 N–H and O–H groups in total. The first-order valence-corrected chi connectivity index (χ1v) is 9.49. The number of benzene rings is 2. The van der Waals surface area contributed by atoms with Crippen molar-refractivity contribution in [1.29, 1.82) is 0 Å². The van der Waals surface area contributed by atoms with Crippen LogP contribution in [0.2, 0.25) is 0 Å². The maximum atomic E-state index is 13.2. The number of hydrogen-bond acceptors (Lipinski definition) is 5. The van der Waals surface area contributed by atoms with Crippen LogP contribution in [0.3, 0.4) is 0 Å². The number of carbonyl (C=O) groups is 2. The normalized spacial score (nSPS) is 10.6. The van der Waals surface area contributed by atoms with Gasteiger partial charge in [-0.15, -0.1) is 0 Å². The van der Waals surface area contributed by atoms with Crippen molar-refractivity contribution in [1.82, 2.24) is 10.3 Å². The molecule has 0 atom stereocenters. The Balaban J connectivity index is 1.95. The zero-order valence-electron chi connectivity index (χ0n) is 16.7. The zero-order chi connectivity index (χ0) is 21.7. The van der Waals surface area contributed by atoms with E-state index in [0.29, 0.717) is 11.3 Å². The summed E-state index contributed by atoms with van der Waals surface area (Å²) in [6.45, 7) is 3.97. The number of amides is 2. The van der Waals surface area contributed by atoms with Gasteiger partial charge in [0.15, 0.2) is 0 Å². The van der Waals surface area contributed by atoms with Gasteiger partial charge in [-0.2, -0.15) is 0 Å². The number of rotatable bonds is 6. The summed E-state index contributed by atoms with van der Waals surface area (Å²) in [5.74, 6) is -1.10. The van der Waals surface area contributed by atoms with E-state index in [9.17, 15) is 19.8 Å². The van der Waals surface area contributed by atoms with Crippen molar-refractivity contribution < 1.29 is 19.8 Å². The zero-order valence-corrected chi connectivity index (χ0v) is 16.7. The molecule has 0 radical (unpaired) electrons. The second-order valence-electron chi connectivity index (χ2n) is 7.13. The van der Waals surface area contributed by atoms with Crippen LogP contribution >= 0.6 is 0 Å². The number of phenolic OH excluding ortho intramolecular Hbond substituents is 2. The van der Waals surface area contributed by atoms with Crippen LogP contribution in [0, 0.1) is 0 Å². The molecule has 7 heteroatoms. The molecule has 0 aliphatic heterocycles. The fourth-order valence-corrected chi connectivity index (χ4v) is 2.94. The Morgan fingerprint density at radius 2 is 1.80 bits per heavy atom. The minimum absolute atomic E-state index is 0.0123. The van der Waals surface area contributed by atoms with Crippen LogP contribution in [-0.4, -0.2) is 33.1 Å². The molecule has 3 aromatic rings. The number of aromatic hydroxyl groups is 2. The number of aromatic nitrogens is 1. The predicted molar refractivity (Wildman–Crippen MR) is 114 cm³/mol. The highest BCUT2D eigenvalue weighted by Crippen LogP contribution is 2.27. The molecule has 3 rings (SSSR count). The van der Waals surface area contributed by atoms with E-state index in [1.807, 2.05) is 19.9 Å². The molecule has 0 spiro atoms. The van der Waals surface area contributed by atoms with Crippen LogP contribution in [0.25, 0.3) is 0 Å². The van der Waals surface area contributed by atoms with Gasteiger partial charge in [0.2, 0.25) is 0 Å². The van der Waals surface area contributed by atoms with Crippen LogP contribution in [0.1, 0.15) is 40.1 Å². The highest BCUT2D eigenvalue weighted by atomic mass is 16.3. The largest absolute Gasteiger partial charge is 0.508 e. The lowest BCUT2D eigenvalue weighted by Gasteiger charge is -2.24. The second kappa shape index (κ2) is 9.09. The first-order chi connectivity index (χ1) is 14.3. The summed E-state index contributed by atoms with van der Waals surface area (Å²) < 4.78 is 0. The molecule has 0 aliphatic carbocycles. The molecule has 0 saturated carbocycles. The molecule has 0 unspecified atom stereocenters. The van der Waals surface area contributed by atoms with Gasteiger partial charge in [0.05, 0.1) is 12.1 Å². The van der Waals surface area contributed by atoms with E-state index in [2.05, 4.69) is 10.3 Å². The van der Waals surface area contributed by atoms with Crippen molar-refractivity contribution in [3.05, 3.63) is 83.7 Å². The number of hydrogen-bond donors (Lipinski definition) is 3. The Hall–Kier alpha value is -3.87. The Labute approximate surface area is 174 Å². The summed E-state index contributed by atoms with van der Waals surface area (Å²) in [7, 11) is 0. The van der Waals surface area contributed by atoms with Crippen molar-refractivity contribution in [3.63, 3.8) is 0 Å². The number of nitrogens with zero attached hydrogens (tertiary/aromatic N) is 2. The second-order valence-corrected chi connectivity index (χ2v) is 7.13. The highest BCUT2D eigenvalue weighted by Gasteiger charge is 2.22. The van der Waals surface area contributed by atoms with Crippen molar-refractivity contribution in [2.24, 2.45) is 0 Å². The maximum absolute atomic E-state index is 13.2. The SMILES string of the molecule is CC(C)NC(=O)c1ccc(N(Cc2cccnc2)C(=O)c2ccc(O)cc2O)cc1. The Kier molecular flexibility index (Phi) is 6.32. The average molecular weight is 405 g/mol. The molecule has 0 saturated heterocycles. The third-order valence-corrected chi connectivity index (χ3v) is 4.38. The number of anilines is 1.